The molecular formula is C24H24N2O3S2. The summed E-state index contributed by atoms with van der Waals surface area (Å²) in [5.41, 5.74) is 3.77. The van der Waals surface area contributed by atoms with E-state index < -0.39 is 10.0 Å². The third-order valence-electron chi connectivity index (χ3n) is 5.40. The number of hydrogen-bond acceptors (Lipinski definition) is 4. The molecule has 0 radical (unpaired) electrons. The predicted octanol–water partition coefficient (Wildman–Crippen LogP) is 4.85. The van der Waals surface area contributed by atoms with Crippen LogP contribution in [0.4, 0.5) is 0 Å². The molecule has 0 aliphatic rings. The summed E-state index contributed by atoms with van der Waals surface area (Å²) in [7, 11) is -3.75. The van der Waals surface area contributed by atoms with Gasteiger partial charge in [0.25, 0.3) is 0 Å². The van der Waals surface area contributed by atoms with Gasteiger partial charge >= 0.3 is 4.87 Å². The minimum atomic E-state index is -3.75. The molecule has 0 saturated heterocycles. The molecule has 0 saturated carbocycles. The number of aryl methyl sites for hydroxylation is 1. The molecule has 31 heavy (non-hydrogen) atoms. The van der Waals surface area contributed by atoms with Crippen molar-refractivity contribution in [1.82, 2.24) is 9.29 Å². The van der Waals surface area contributed by atoms with E-state index in [0.717, 1.165) is 33.5 Å². The number of nitrogens with one attached hydrogen (secondary N) is 1. The van der Waals surface area contributed by atoms with Crippen molar-refractivity contribution in [2.24, 2.45) is 0 Å². The van der Waals surface area contributed by atoms with Crippen LogP contribution in [-0.2, 0) is 16.6 Å². The zero-order valence-electron chi connectivity index (χ0n) is 17.4. The Kier molecular flexibility index (Phi) is 6.09. The molecular weight excluding hydrogens is 428 g/mol. The third-order valence-corrected chi connectivity index (χ3v) is 7.81. The van der Waals surface area contributed by atoms with Gasteiger partial charge in [-0.1, -0.05) is 72.9 Å². The van der Waals surface area contributed by atoms with Crippen molar-refractivity contribution in [2.45, 2.75) is 37.8 Å². The second kappa shape index (κ2) is 8.78. The SMILES string of the molecule is CC[C@@H](NS(=O)(=O)c1ccc2c(c1)sc(=O)n2Cc1ccccc1)c1ccccc1C. The van der Waals surface area contributed by atoms with Crippen molar-refractivity contribution in [1.29, 1.82) is 0 Å². The lowest BCUT2D eigenvalue weighted by Gasteiger charge is -2.19. The van der Waals surface area contributed by atoms with E-state index in [4.69, 9.17) is 0 Å². The fourth-order valence-corrected chi connectivity index (χ4v) is 6.06. The van der Waals surface area contributed by atoms with Gasteiger partial charge in [0, 0.05) is 6.04 Å². The minimum absolute atomic E-state index is 0.104. The number of nitrogens with zero attached hydrogens (tertiary/aromatic N) is 1. The lowest BCUT2D eigenvalue weighted by atomic mass is 10.0. The molecule has 0 bridgehead atoms. The highest BCUT2D eigenvalue weighted by Crippen LogP contribution is 2.26. The molecule has 0 amide bonds. The first kappa shape index (κ1) is 21.5. The summed E-state index contributed by atoms with van der Waals surface area (Å²) in [6, 6.07) is 22.1. The maximum Gasteiger partial charge on any atom is 0.308 e. The van der Waals surface area contributed by atoms with Crippen LogP contribution in [0, 0.1) is 6.92 Å². The Labute approximate surface area is 186 Å². The summed E-state index contributed by atoms with van der Waals surface area (Å²) < 4.78 is 31.4. The van der Waals surface area contributed by atoms with Gasteiger partial charge < -0.3 is 0 Å². The van der Waals surface area contributed by atoms with E-state index in [0.29, 0.717) is 17.7 Å². The van der Waals surface area contributed by atoms with E-state index in [2.05, 4.69) is 4.72 Å². The molecule has 1 heterocycles. The second-order valence-electron chi connectivity index (χ2n) is 7.51. The first-order valence-electron chi connectivity index (χ1n) is 10.1. The zero-order valence-corrected chi connectivity index (χ0v) is 19.0. The summed E-state index contributed by atoms with van der Waals surface area (Å²) in [5, 5.41) is 0. The van der Waals surface area contributed by atoms with Gasteiger partial charge in [0.05, 0.1) is 21.7 Å². The van der Waals surface area contributed by atoms with Gasteiger partial charge in [-0.2, -0.15) is 0 Å². The van der Waals surface area contributed by atoms with Crippen LogP contribution in [0.15, 0.2) is 82.5 Å². The Bertz CT molecular complexity index is 1370. The number of aromatic nitrogens is 1. The van der Waals surface area contributed by atoms with E-state index in [1.165, 1.54) is 0 Å². The Morgan fingerprint density at radius 1 is 1.00 bits per heavy atom. The molecule has 1 aromatic heterocycles. The van der Waals surface area contributed by atoms with Crippen molar-refractivity contribution >= 4 is 31.6 Å². The Morgan fingerprint density at radius 3 is 2.42 bits per heavy atom. The number of benzene rings is 3. The standard InChI is InChI=1S/C24H24N2O3S2/c1-3-21(20-12-8-7-9-17(20)2)25-31(28,29)19-13-14-22-23(15-19)30-24(27)26(22)16-18-10-5-4-6-11-18/h4-15,21,25H,3,16H2,1-2H3/t21-/m1/s1. The lowest BCUT2D eigenvalue weighted by Crippen LogP contribution is -2.28. The highest BCUT2D eigenvalue weighted by atomic mass is 32.2. The van der Waals surface area contributed by atoms with Crippen LogP contribution in [0.2, 0.25) is 0 Å². The number of sulfonamides is 1. The maximum atomic E-state index is 13.1. The van der Waals surface area contributed by atoms with Crippen molar-refractivity contribution in [3.63, 3.8) is 0 Å². The van der Waals surface area contributed by atoms with Crippen LogP contribution >= 0.6 is 11.3 Å². The fourth-order valence-electron chi connectivity index (χ4n) is 3.73. The van der Waals surface area contributed by atoms with E-state index >= 15 is 0 Å². The Morgan fingerprint density at radius 2 is 1.71 bits per heavy atom. The quantitative estimate of drug-likeness (QED) is 0.436. The molecule has 0 spiro atoms. The average Bonchev–Trinajstić information content (AvgIpc) is 3.07. The molecule has 0 unspecified atom stereocenters. The third kappa shape index (κ3) is 4.49. The molecule has 1 N–H and O–H groups in total. The van der Waals surface area contributed by atoms with Crippen molar-refractivity contribution < 1.29 is 8.42 Å². The normalized spacial score (nSPS) is 12.8. The molecule has 0 fully saturated rings. The molecule has 5 nitrogen and oxygen atoms in total. The van der Waals surface area contributed by atoms with Crippen LogP contribution in [0.5, 0.6) is 0 Å². The van der Waals surface area contributed by atoms with Gasteiger partial charge in [0.2, 0.25) is 10.0 Å². The lowest BCUT2D eigenvalue weighted by molar-refractivity contribution is 0.549. The Hall–Kier alpha value is -2.74. The monoisotopic (exact) mass is 452 g/mol. The maximum absolute atomic E-state index is 13.1. The summed E-state index contributed by atoms with van der Waals surface area (Å²) >= 11 is 1.07. The molecule has 160 valence electrons. The molecule has 7 heteroatoms. The first-order valence-corrected chi connectivity index (χ1v) is 12.4. The summed E-state index contributed by atoms with van der Waals surface area (Å²) in [4.78, 5) is 12.6. The van der Waals surface area contributed by atoms with Crippen LogP contribution in [0.25, 0.3) is 10.2 Å². The van der Waals surface area contributed by atoms with Gasteiger partial charge in [-0.25, -0.2) is 13.1 Å². The molecule has 3 aromatic carbocycles. The molecule has 0 aliphatic heterocycles. The molecule has 4 rings (SSSR count). The first-order chi connectivity index (χ1) is 14.9. The van der Waals surface area contributed by atoms with Crippen LogP contribution in [0.1, 0.15) is 36.1 Å². The van der Waals surface area contributed by atoms with E-state index in [1.807, 2.05) is 68.4 Å². The van der Waals surface area contributed by atoms with E-state index in [9.17, 15) is 13.2 Å². The van der Waals surface area contributed by atoms with Crippen LogP contribution in [0.3, 0.4) is 0 Å². The molecule has 0 aliphatic carbocycles. The topological polar surface area (TPSA) is 68.2 Å². The smallest absolute Gasteiger partial charge is 0.294 e. The Balaban J connectivity index is 1.66. The summed E-state index contributed by atoms with van der Waals surface area (Å²) in [6.45, 7) is 4.39. The molecule has 1 atom stereocenters. The van der Waals surface area contributed by atoms with Gasteiger partial charge in [-0.05, 0) is 48.2 Å². The highest BCUT2D eigenvalue weighted by Gasteiger charge is 2.22. The summed E-state index contributed by atoms with van der Waals surface area (Å²) in [6.07, 6.45) is 0.632. The number of thiazole rings is 1. The average molecular weight is 453 g/mol. The largest absolute Gasteiger partial charge is 0.308 e. The number of fused-ring (bicyclic) bond motifs is 1. The van der Waals surface area contributed by atoms with Crippen molar-refractivity contribution in [3.8, 4) is 0 Å². The predicted molar refractivity (Wildman–Crippen MR) is 126 cm³/mol. The minimum Gasteiger partial charge on any atom is -0.294 e. The van der Waals surface area contributed by atoms with E-state index in [1.54, 1.807) is 22.8 Å². The second-order valence-corrected chi connectivity index (χ2v) is 10.2. The van der Waals surface area contributed by atoms with Crippen molar-refractivity contribution in [2.75, 3.05) is 0 Å². The zero-order chi connectivity index (χ0) is 22.0. The molecule has 4 aromatic rings. The van der Waals surface area contributed by atoms with Gasteiger partial charge in [0.15, 0.2) is 0 Å². The number of hydrogen-bond donors (Lipinski definition) is 1. The van der Waals surface area contributed by atoms with Gasteiger partial charge in [-0.3, -0.25) is 9.36 Å². The number of rotatable bonds is 7. The fraction of sp³-hybridized carbons (Fsp3) is 0.208. The van der Waals surface area contributed by atoms with E-state index in [-0.39, 0.29) is 15.8 Å². The summed E-state index contributed by atoms with van der Waals surface area (Å²) in [5.74, 6) is 0. The highest BCUT2D eigenvalue weighted by molar-refractivity contribution is 7.89. The van der Waals surface area contributed by atoms with Crippen molar-refractivity contribution in [3.05, 3.63) is 99.2 Å². The van der Waals surface area contributed by atoms with Crippen LogP contribution in [-0.4, -0.2) is 13.0 Å². The van der Waals surface area contributed by atoms with Crippen LogP contribution < -0.4 is 9.60 Å². The van der Waals surface area contributed by atoms with Gasteiger partial charge in [-0.15, -0.1) is 0 Å². The van der Waals surface area contributed by atoms with Gasteiger partial charge in [0.1, 0.15) is 0 Å².